The molecule has 0 spiro atoms. The van der Waals surface area contributed by atoms with Gasteiger partial charge in [-0.25, -0.2) is 22.2 Å². The molecule has 6 nitrogen and oxygen atoms in total. The fourth-order valence-corrected chi connectivity index (χ4v) is 4.32. The average Bonchev–Trinajstić information content (AvgIpc) is 3.54. The van der Waals surface area contributed by atoms with E-state index in [0.717, 1.165) is 29.0 Å². The first-order chi connectivity index (χ1) is 17.8. The molecule has 0 unspecified atom stereocenters. The molecule has 0 aliphatic rings. The number of hydrogen-bond donors (Lipinski definition) is 0. The highest BCUT2D eigenvalue weighted by Crippen LogP contribution is 2.36. The van der Waals surface area contributed by atoms with Crippen molar-refractivity contribution >= 4 is 11.6 Å². The van der Waals surface area contributed by atoms with E-state index in [1.807, 2.05) is 6.20 Å². The van der Waals surface area contributed by atoms with Gasteiger partial charge in [0.25, 0.3) is 6.43 Å². The molecule has 0 aliphatic heterocycles. The Morgan fingerprint density at radius 3 is 2.35 bits per heavy atom. The number of hydrogen-bond acceptors (Lipinski definition) is 4. The lowest BCUT2D eigenvalue weighted by Gasteiger charge is -2.18. The van der Waals surface area contributed by atoms with Crippen LogP contribution in [-0.4, -0.2) is 29.8 Å². The number of aromatic nitrogens is 6. The first-order valence-electron chi connectivity index (χ1n) is 11.2. The number of alkyl halides is 2. The van der Waals surface area contributed by atoms with E-state index in [0.29, 0.717) is 12.1 Å². The molecular formula is C26H19ClF4N6. The van der Waals surface area contributed by atoms with Crippen molar-refractivity contribution in [2.75, 3.05) is 0 Å². The molecule has 0 N–H and O–H groups in total. The van der Waals surface area contributed by atoms with Gasteiger partial charge in [0, 0.05) is 48.1 Å². The van der Waals surface area contributed by atoms with Gasteiger partial charge in [0.05, 0.1) is 34.8 Å². The molecular weight excluding hydrogens is 508 g/mol. The average molecular weight is 527 g/mol. The molecule has 0 bridgehead atoms. The Labute approximate surface area is 214 Å². The summed E-state index contributed by atoms with van der Waals surface area (Å²) in [5.41, 5.74) is 2.32. The van der Waals surface area contributed by atoms with Gasteiger partial charge in [-0.1, -0.05) is 41.1 Å². The predicted molar refractivity (Wildman–Crippen MR) is 130 cm³/mol. The molecule has 0 aliphatic carbocycles. The van der Waals surface area contributed by atoms with Crippen LogP contribution in [0.2, 0.25) is 5.02 Å². The van der Waals surface area contributed by atoms with Crippen LogP contribution in [0, 0.1) is 11.6 Å². The largest absolute Gasteiger partial charge is 0.264 e. The fraction of sp³-hybridized carbons (Fsp3) is 0.154. The van der Waals surface area contributed by atoms with E-state index in [4.69, 9.17) is 11.6 Å². The smallest absolute Gasteiger partial charge is 0.263 e. The Bertz CT molecular complexity index is 1530. The zero-order chi connectivity index (χ0) is 26.1. The second-order valence-electron chi connectivity index (χ2n) is 8.40. The van der Waals surface area contributed by atoms with Crippen molar-refractivity contribution in [2.45, 2.75) is 18.9 Å². The molecule has 2 aromatic carbocycles. The minimum atomic E-state index is -2.89. The molecule has 0 radical (unpaired) electrons. The van der Waals surface area contributed by atoms with Crippen molar-refractivity contribution in [1.29, 1.82) is 0 Å². The molecule has 0 saturated carbocycles. The van der Waals surface area contributed by atoms with Crippen LogP contribution in [-0.2, 0) is 13.5 Å². The first-order valence-corrected chi connectivity index (χ1v) is 11.6. The summed E-state index contributed by atoms with van der Waals surface area (Å²) in [7, 11) is 1.76. The maximum absolute atomic E-state index is 14.8. The van der Waals surface area contributed by atoms with Crippen LogP contribution in [0.5, 0.6) is 0 Å². The minimum absolute atomic E-state index is 0.168. The first kappa shape index (κ1) is 24.6. The van der Waals surface area contributed by atoms with Crippen LogP contribution in [0.1, 0.15) is 29.3 Å². The van der Waals surface area contributed by atoms with Crippen molar-refractivity contribution in [3.8, 4) is 22.4 Å². The summed E-state index contributed by atoms with van der Waals surface area (Å²) in [6.45, 7) is 0. The van der Waals surface area contributed by atoms with Crippen molar-refractivity contribution in [3.63, 3.8) is 0 Å². The predicted octanol–water partition coefficient (Wildman–Crippen LogP) is 6.44. The summed E-state index contributed by atoms with van der Waals surface area (Å²) in [6.07, 6.45) is 3.95. The molecule has 0 amide bonds. The van der Waals surface area contributed by atoms with Gasteiger partial charge in [0.15, 0.2) is 0 Å². The highest BCUT2D eigenvalue weighted by molar-refractivity contribution is 6.31. The van der Waals surface area contributed by atoms with Gasteiger partial charge in [-0.2, -0.15) is 5.10 Å². The zero-order valence-electron chi connectivity index (χ0n) is 19.4. The summed E-state index contributed by atoms with van der Waals surface area (Å²) in [6, 6.07) is 11.0. The molecule has 5 rings (SSSR count). The van der Waals surface area contributed by atoms with Crippen LogP contribution in [0.25, 0.3) is 22.4 Å². The summed E-state index contributed by atoms with van der Waals surface area (Å²) in [5.74, 6) is -1.29. The summed E-state index contributed by atoms with van der Waals surface area (Å²) >= 11 is 5.87. The van der Waals surface area contributed by atoms with Crippen LogP contribution in [0.3, 0.4) is 0 Å². The number of nitrogens with zero attached hydrogens (tertiary/aromatic N) is 6. The number of pyridine rings is 1. The maximum Gasteiger partial charge on any atom is 0.264 e. The van der Waals surface area contributed by atoms with E-state index in [9.17, 15) is 17.6 Å². The van der Waals surface area contributed by atoms with Gasteiger partial charge < -0.3 is 0 Å². The Morgan fingerprint density at radius 1 is 0.919 bits per heavy atom. The lowest BCUT2D eigenvalue weighted by atomic mass is 9.98. The molecule has 0 fully saturated rings. The second kappa shape index (κ2) is 10.1. The maximum atomic E-state index is 14.8. The monoisotopic (exact) mass is 526 g/mol. The molecule has 0 saturated heterocycles. The summed E-state index contributed by atoms with van der Waals surface area (Å²) in [5, 5.41) is 12.1. The molecule has 37 heavy (non-hydrogen) atoms. The van der Waals surface area contributed by atoms with Crippen LogP contribution < -0.4 is 0 Å². The Balaban J connectivity index is 1.55. The zero-order valence-corrected chi connectivity index (χ0v) is 20.1. The standard InChI is InChI=1S/C26H19ClF4N6/c1-36-23(13-33-35-36)17-12-34-37(14-17)22(10-15-2-5-18(28)6-3-15)21-9-4-16(11-32-21)24-19(26(30)31)7-8-20(27)25(24)29/h2-9,11-14,22,26H,10H2,1H3/t22-/m0/s1. The number of halogens is 5. The van der Waals surface area contributed by atoms with Gasteiger partial charge >= 0.3 is 0 Å². The number of rotatable bonds is 7. The van der Waals surface area contributed by atoms with Crippen LogP contribution in [0.15, 0.2) is 73.3 Å². The van der Waals surface area contributed by atoms with Crippen LogP contribution in [0.4, 0.5) is 17.6 Å². The number of benzene rings is 2. The minimum Gasteiger partial charge on any atom is -0.263 e. The van der Waals surface area contributed by atoms with Gasteiger partial charge in [-0.05, 0) is 29.8 Å². The Morgan fingerprint density at radius 2 is 1.70 bits per heavy atom. The number of aryl methyl sites for hydroxylation is 1. The fourth-order valence-electron chi connectivity index (χ4n) is 4.16. The molecule has 188 valence electrons. The highest BCUT2D eigenvalue weighted by Gasteiger charge is 2.23. The van der Waals surface area contributed by atoms with Crippen molar-refractivity contribution in [3.05, 3.63) is 107 Å². The summed E-state index contributed by atoms with van der Waals surface area (Å²) < 4.78 is 58.8. The third-order valence-corrected chi connectivity index (χ3v) is 6.34. The lowest BCUT2D eigenvalue weighted by Crippen LogP contribution is -2.15. The SMILES string of the molecule is Cn1nncc1-c1cnn([C@@H](Cc2ccc(F)cc2)c2ccc(-c3c(C(F)F)ccc(Cl)c3F)cn2)c1. The van der Waals surface area contributed by atoms with E-state index < -0.39 is 23.8 Å². The highest BCUT2D eigenvalue weighted by atomic mass is 35.5. The van der Waals surface area contributed by atoms with Gasteiger partial charge in [-0.3, -0.25) is 9.67 Å². The molecule has 5 aromatic rings. The van der Waals surface area contributed by atoms with E-state index in [-0.39, 0.29) is 22.0 Å². The topological polar surface area (TPSA) is 61.4 Å². The van der Waals surface area contributed by atoms with Gasteiger partial charge in [0.1, 0.15) is 11.6 Å². The molecule has 11 heteroatoms. The van der Waals surface area contributed by atoms with Crippen molar-refractivity contribution < 1.29 is 17.6 Å². The van der Waals surface area contributed by atoms with E-state index in [2.05, 4.69) is 20.4 Å². The Kier molecular flexibility index (Phi) is 6.75. The van der Waals surface area contributed by atoms with Gasteiger partial charge in [0.2, 0.25) is 0 Å². The van der Waals surface area contributed by atoms with Crippen molar-refractivity contribution in [1.82, 2.24) is 29.8 Å². The van der Waals surface area contributed by atoms with E-state index >= 15 is 0 Å². The van der Waals surface area contributed by atoms with Crippen LogP contribution >= 0.6 is 11.6 Å². The van der Waals surface area contributed by atoms with Crippen molar-refractivity contribution in [2.24, 2.45) is 7.05 Å². The quantitative estimate of drug-likeness (QED) is 0.229. The third kappa shape index (κ3) is 4.97. The Hall–Kier alpha value is -4.05. The lowest BCUT2D eigenvalue weighted by molar-refractivity contribution is 0.151. The molecule has 3 heterocycles. The summed E-state index contributed by atoms with van der Waals surface area (Å²) in [4.78, 5) is 4.49. The van der Waals surface area contributed by atoms with E-state index in [1.54, 1.807) is 47.0 Å². The molecule has 3 aromatic heterocycles. The third-order valence-electron chi connectivity index (χ3n) is 6.05. The van der Waals surface area contributed by atoms with Gasteiger partial charge in [-0.15, -0.1) is 5.10 Å². The second-order valence-corrected chi connectivity index (χ2v) is 8.80. The normalized spacial score (nSPS) is 12.3. The van der Waals surface area contributed by atoms with E-state index in [1.165, 1.54) is 24.4 Å². The molecule has 1 atom stereocenters.